The third-order valence-electron chi connectivity index (χ3n) is 9.35. The fraction of sp³-hybridized carbons (Fsp3) is 0.538. The number of hydrogen-bond donors (Lipinski definition) is 2. The maximum Gasteiger partial charge on any atom is 0.298 e. The number of aromatic nitrogens is 2. The smallest absolute Gasteiger partial charge is 0.298 e. The minimum atomic E-state index is -4.78. The van der Waals surface area contributed by atoms with Crippen molar-refractivity contribution < 1.29 is 27.3 Å². The van der Waals surface area contributed by atoms with E-state index >= 15 is 0 Å². The summed E-state index contributed by atoms with van der Waals surface area (Å²) in [4.78, 5) is 26.3. The zero-order valence-electron chi connectivity index (χ0n) is 31.6. The number of nitrogens with zero attached hydrogens (tertiary/aromatic N) is 6. The van der Waals surface area contributed by atoms with E-state index in [4.69, 9.17) is 4.74 Å². The quantitative estimate of drug-likeness (QED) is 0.0586. The second-order valence-corrected chi connectivity index (χ2v) is 15.1. The van der Waals surface area contributed by atoms with E-state index in [1.54, 1.807) is 49.0 Å². The molecule has 53 heavy (non-hydrogen) atoms. The van der Waals surface area contributed by atoms with Gasteiger partial charge in [-0.3, -0.25) is 18.8 Å². The summed E-state index contributed by atoms with van der Waals surface area (Å²) in [6.07, 6.45) is 18.6. The number of carbonyl (C=O) groups is 2. The third-order valence-corrected chi connectivity index (χ3v) is 10.2. The van der Waals surface area contributed by atoms with E-state index in [1.807, 2.05) is 6.92 Å². The number of nitrogens with one attached hydrogen (secondary N) is 1. The van der Waals surface area contributed by atoms with Crippen LogP contribution in [0.3, 0.4) is 0 Å². The van der Waals surface area contributed by atoms with Crippen LogP contribution in [0.25, 0.3) is 0 Å². The number of azo groups is 1. The van der Waals surface area contributed by atoms with E-state index in [9.17, 15) is 22.6 Å². The molecule has 0 bridgehead atoms. The van der Waals surface area contributed by atoms with Crippen molar-refractivity contribution in [2.75, 3.05) is 5.01 Å². The minimum absolute atomic E-state index is 0.0173. The first kappa shape index (κ1) is 41.3. The number of rotatable bonds is 22. The Morgan fingerprint density at radius 1 is 0.887 bits per heavy atom. The third kappa shape index (κ3) is 12.6. The molecule has 0 saturated carbocycles. The molecule has 2 heterocycles. The van der Waals surface area contributed by atoms with Crippen LogP contribution in [0.4, 0.5) is 11.4 Å². The zero-order valence-corrected chi connectivity index (χ0v) is 32.4. The van der Waals surface area contributed by atoms with E-state index in [2.05, 4.69) is 32.7 Å². The van der Waals surface area contributed by atoms with Crippen LogP contribution in [-0.2, 0) is 26.8 Å². The van der Waals surface area contributed by atoms with Crippen molar-refractivity contribution in [3.8, 4) is 11.5 Å². The highest BCUT2D eigenvalue weighted by Gasteiger charge is 2.39. The highest BCUT2D eigenvalue weighted by molar-refractivity contribution is 7.86. The van der Waals surface area contributed by atoms with Gasteiger partial charge >= 0.3 is 0 Å². The van der Waals surface area contributed by atoms with E-state index in [-0.39, 0.29) is 29.6 Å². The Kier molecular flexibility index (Phi) is 16.2. The Bertz CT molecular complexity index is 1820. The predicted octanol–water partition coefficient (Wildman–Crippen LogP) is 9.27. The molecule has 0 fully saturated rings. The Morgan fingerprint density at radius 2 is 1.47 bits per heavy atom. The molecule has 2 aromatic carbocycles. The molecule has 2 N–H and O–H groups in total. The lowest BCUT2D eigenvalue weighted by atomic mass is 10.0. The van der Waals surface area contributed by atoms with Gasteiger partial charge in [0.05, 0.1) is 17.1 Å². The summed E-state index contributed by atoms with van der Waals surface area (Å²) < 4.78 is 42.2. The monoisotopic (exact) mass is 749 g/mol. The summed E-state index contributed by atoms with van der Waals surface area (Å²) in [5, 5.41) is 21.0. The molecule has 13 nitrogen and oxygen atoms in total. The van der Waals surface area contributed by atoms with Crippen molar-refractivity contribution in [1.82, 2.24) is 15.1 Å². The highest BCUT2D eigenvalue weighted by Crippen LogP contribution is 2.34. The SMILES string of the molecule is CCCCCCCCCCCCCCCCCC(=O)NC1=NN(c2ccc(Oc3ccccc3)c(S(=O)(=O)O)c2)C(=O)C1N=Nc1c(C)nn(C)c1C. The maximum absolute atomic E-state index is 13.8. The number of aryl methyl sites for hydroxylation is 2. The molecular weight excluding hydrogens is 695 g/mol. The van der Waals surface area contributed by atoms with Gasteiger partial charge in [-0.05, 0) is 50.6 Å². The molecule has 1 atom stereocenters. The summed E-state index contributed by atoms with van der Waals surface area (Å²) in [6.45, 7) is 5.84. The molecule has 0 spiro atoms. The molecule has 1 aliphatic heterocycles. The van der Waals surface area contributed by atoms with Crippen molar-refractivity contribution in [3.05, 3.63) is 59.9 Å². The second kappa shape index (κ2) is 20.7. The van der Waals surface area contributed by atoms with E-state index < -0.39 is 27.0 Å². The first-order chi connectivity index (χ1) is 25.5. The number of para-hydroxylation sites is 1. The number of amidine groups is 1. The molecule has 4 rings (SSSR count). The van der Waals surface area contributed by atoms with E-state index in [0.717, 1.165) is 36.0 Å². The normalized spacial score (nSPS) is 14.7. The van der Waals surface area contributed by atoms with Crippen molar-refractivity contribution in [2.24, 2.45) is 22.4 Å². The van der Waals surface area contributed by atoms with Crippen molar-refractivity contribution in [2.45, 2.75) is 134 Å². The van der Waals surface area contributed by atoms with Crippen molar-refractivity contribution >= 4 is 39.1 Å². The zero-order chi connectivity index (χ0) is 38.2. The predicted molar refractivity (Wildman–Crippen MR) is 206 cm³/mol. The van der Waals surface area contributed by atoms with Crippen LogP contribution in [-0.4, -0.2) is 46.4 Å². The fourth-order valence-corrected chi connectivity index (χ4v) is 6.88. The van der Waals surface area contributed by atoms with Crippen LogP contribution in [0.5, 0.6) is 11.5 Å². The Hall–Kier alpha value is -4.43. The molecule has 0 saturated heterocycles. The summed E-state index contributed by atoms with van der Waals surface area (Å²) in [5.41, 5.74) is 1.84. The topological polar surface area (TPSA) is 168 Å². The molecule has 2 amide bonds. The van der Waals surface area contributed by atoms with Crippen LogP contribution in [0.2, 0.25) is 0 Å². The maximum atomic E-state index is 13.8. The van der Waals surface area contributed by atoms with E-state index in [1.165, 1.54) is 82.8 Å². The molecule has 1 aromatic heterocycles. The van der Waals surface area contributed by atoms with Gasteiger partial charge < -0.3 is 10.1 Å². The number of anilines is 1. The number of hydrogen-bond acceptors (Lipinski definition) is 9. The second-order valence-electron chi connectivity index (χ2n) is 13.7. The van der Waals surface area contributed by atoms with Crippen molar-refractivity contribution in [1.29, 1.82) is 0 Å². The molecule has 1 aliphatic rings. The van der Waals surface area contributed by atoms with Gasteiger partial charge in [-0.15, -0.1) is 5.10 Å². The lowest BCUT2D eigenvalue weighted by molar-refractivity contribution is -0.119. The fourth-order valence-electron chi connectivity index (χ4n) is 6.24. The molecular formula is C39H55N7O6S. The van der Waals surface area contributed by atoms with Gasteiger partial charge in [-0.2, -0.15) is 28.8 Å². The number of hydrazone groups is 1. The molecule has 0 radical (unpaired) electrons. The largest absolute Gasteiger partial charge is 0.456 e. The summed E-state index contributed by atoms with van der Waals surface area (Å²) in [7, 11) is -3.01. The summed E-state index contributed by atoms with van der Waals surface area (Å²) >= 11 is 0. The summed E-state index contributed by atoms with van der Waals surface area (Å²) in [6, 6.07) is 11.0. The van der Waals surface area contributed by atoms with E-state index in [0.29, 0.717) is 23.6 Å². The number of benzene rings is 2. The van der Waals surface area contributed by atoms with Gasteiger partial charge in [0.25, 0.3) is 16.0 Å². The van der Waals surface area contributed by atoms with Crippen LogP contribution in [0.15, 0.2) is 68.8 Å². The van der Waals surface area contributed by atoms with Crippen LogP contribution < -0.4 is 15.1 Å². The Balaban J connectivity index is 1.36. The summed E-state index contributed by atoms with van der Waals surface area (Å²) in [5.74, 6) is -0.822. The van der Waals surface area contributed by atoms with Crippen LogP contribution in [0, 0.1) is 13.8 Å². The first-order valence-corrected chi connectivity index (χ1v) is 20.4. The number of unbranched alkanes of at least 4 members (excludes halogenated alkanes) is 14. The number of ether oxygens (including phenoxy) is 1. The molecule has 14 heteroatoms. The Labute approximate surface area is 314 Å². The standard InChI is InChI=1S/C39H55N7O6S/c1-5-6-7-8-9-10-11-12-13-14-15-16-17-18-22-25-35(47)40-38-37(42-41-36-29(2)43-45(4)30(36)3)39(48)46(44-38)31-26-27-33(34(28-31)53(49,50)51)52-32-23-20-19-21-24-32/h19-21,23-24,26-28,37H,5-18,22,25H2,1-4H3,(H,40,44,47)(H,49,50,51). The first-order valence-electron chi connectivity index (χ1n) is 19.0. The van der Waals surface area contributed by atoms with Gasteiger partial charge in [-0.1, -0.05) is 115 Å². The lowest BCUT2D eigenvalue weighted by Gasteiger charge is -2.15. The lowest BCUT2D eigenvalue weighted by Crippen LogP contribution is -2.39. The van der Waals surface area contributed by atoms with Gasteiger partial charge in [0.2, 0.25) is 11.9 Å². The average Bonchev–Trinajstić information content (AvgIpc) is 3.56. The van der Waals surface area contributed by atoms with Crippen molar-refractivity contribution in [3.63, 3.8) is 0 Å². The molecule has 0 aliphatic carbocycles. The number of carbonyl (C=O) groups excluding carboxylic acids is 2. The molecule has 1 unspecified atom stereocenters. The average molecular weight is 750 g/mol. The molecule has 288 valence electrons. The van der Waals surface area contributed by atoms with Crippen LogP contribution in [0.1, 0.15) is 121 Å². The van der Waals surface area contributed by atoms with Gasteiger partial charge in [-0.25, -0.2) is 0 Å². The van der Waals surface area contributed by atoms with Gasteiger partial charge in [0.1, 0.15) is 22.1 Å². The van der Waals surface area contributed by atoms with Gasteiger partial charge in [0.15, 0.2) is 5.84 Å². The van der Waals surface area contributed by atoms with Crippen LogP contribution >= 0.6 is 0 Å². The Morgan fingerprint density at radius 3 is 2.02 bits per heavy atom. The van der Waals surface area contributed by atoms with Gasteiger partial charge in [0, 0.05) is 13.5 Å². The minimum Gasteiger partial charge on any atom is -0.456 e. The molecule has 3 aromatic rings. The number of amides is 2. The highest BCUT2D eigenvalue weighted by atomic mass is 32.2.